The monoisotopic (exact) mass is 737 g/mol. The minimum Gasteiger partial charge on any atom is -0.386 e. The molecule has 1 fully saturated rings. The number of hydrogen-bond donors (Lipinski definition) is 3. The maximum absolute atomic E-state index is 14.0. The highest BCUT2D eigenvalue weighted by molar-refractivity contribution is 5.89. The Morgan fingerprint density at radius 3 is 2.15 bits per heavy atom. The van der Waals surface area contributed by atoms with Crippen molar-refractivity contribution in [3.63, 3.8) is 0 Å². The summed E-state index contributed by atoms with van der Waals surface area (Å²) in [5.41, 5.74) is 0.685. The average molecular weight is 738 g/mol. The average Bonchev–Trinajstić information content (AvgIpc) is 3.62. The van der Waals surface area contributed by atoms with Gasteiger partial charge < -0.3 is 35.0 Å². The lowest BCUT2D eigenvalue weighted by Gasteiger charge is -2.39. The Kier molecular flexibility index (Phi) is 17.9. The number of carbonyl (C=O) groups is 5. The van der Waals surface area contributed by atoms with E-state index in [1.807, 2.05) is 32.0 Å². The third-order valence-corrected chi connectivity index (χ3v) is 10.4. The van der Waals surface area contributed by atoms with Gasteiger partial charge in [-0.05, 0) is 37.2 Å². The molecule has 2 rings (SSSR count). The molecule has 1 heterocycles. The maximum atomic E-state index is 14.0. The van der Waals surface area contributed by atoms with E-state index in [4.69, 9.17) is 9.47 Å². The van der Waals surface area contributed by atoms with E-state index in [1.165, 1.54) is 26.2 Å². The number of benzene rings is 1. The molecule has 0 radical (unpaired) electrons. The van der Waals surface area contributed by atoms with E-state index in [2.05, 4.69) is 15.6 Å². The van der Waals surface area contributed by atoms with Gasteiger partial charge in [-0.3, -0.25) is 24.1 Å². The second-order valence-corrected chi connectivity index (χ2v) is 14.2. The van der Waals surface area contributed by atoms with E-state index in [1.54, 1.807) is 51.8 Å². The molecular formula is C37H60FN5O9. The van der Waals surface area contributed by atoms with Crippen molar-refractivity contribution in [3.8, 4) is 0 Å². The first-order valence-electron chi connectivity index (χ1n) is 18.0. The SMILES string of the molecule is CC[C@H](C)C(C(CC(=O)N1CCCC1C(OC)C(C)C(=O)NC(C)C(O)c1ccccc1)OC)N(C)C(=O)CNC(=O)C(C(C)C)N(C)C(=O)OF. The second kappa shape index (κ2) is 21.0. The third kappa shape index (κ3) is 11.3. The standard InChI is InChI=1S/C37H60FN5O9/c1-11-23(4)32(41(7)30(45)21-39-36(48)31(22(2)3)42(8)37(49)52-38)28(50-9)20-29(44)43-19-15-18-27(43)34(51-10)24(5)35(47)40-25(6)33(46)26-16-13-12-14-17-26/h12-14,16-17,22-25,27-28,31-34,46H,11,15,18-21H2,1-10H3,(H,39,48)(H,40,47)/t23-,24?,25?,27?,28?,31?,32?,33?,34?/m0/s1. The Balaban J connectivity index is 2.16. The number of aliphatic hydroxyl groups is 1. The van der Waals surface area contributed by atoms with Crippen molar-refractivity contribution in [1.29, 1.82) is 0 Å². The third-order valence-electron chi connectivity index (χ3n) is 10.4. The highest BCUT2D eigenvalue weighted by atomic mass is 19.3. The summed E-state index contributed by atoms with van der Waals surface area (Å²) in [5.74, 6) is -2.76. The summed E-state index contributed by atoms with van der Waals surface area (Å²) in [6.07, 6.45) is -1.59. The topological polar surface area (TPSA) is 167 Å². The molecule has 1 aromatic rings. The summed E-state index contributed by atoms with van der Waals surface area (Å²) in [7, 11) is 5.82. The van der Waals surface area contributed by atoms with E-state index >= 15 is 0 Å². The summed E-state index contributed by atoms with van der Waals surface area (Å²) in [5, 5.41) is 16.2. The first-order chi connectivity index (χ1) is 24.5. The van der Waals surface area contributed by atoms with Crippen LogP contribution in [-0.4, -0.2) is 127 Å². The number of likely N-dealkylation sites (tertiary alicyclic amines) is 1. The second-order valence-electron chi connectivity index (χ2n) is 14.2. The van der Waals surface area contributed by atoms with Crippen LogP contribution in [0.1, 0.15) is 78.9 Å². The Morgan fingerprint density at radius 1 is 0.981 bits per heavy atom. The van der Waals surface area contributed by atoms with Gasteiger partial charge in [0.05, 0.1) is 55.3 Å². The van der Waals surface area contributed by atoms with Crippen LogP contribution >= 0.6 is 0 Å². The van der Waals surface area contributed by atoms with Gasteiger partial charge in [0.2, 0.25) is 23.6 Å². The van der Waals surface area contributed by atoms with Gasteiger partial charge in [0.1, 0.15) is 6.04 Å². The molecule has 1 aromatic carbocycles. The fraction of sp³-hybridized carbons (Fsp3) is 0.703. The van der Waals surface area contributed by atoms with Crippen LogP contribution in [0, 0.1) is 17.8 Å². The smallest absolute Gasteiger partial charge is 0.386 e. The Morgan fingerprint density at radius 2 is 1.62 bits per heavy atom. The van der Waals surface area contributed by atoms with Crippen LogP contribution in [0.15, 0.2) is 30.3 Å². The molecule has 0 saturated carbocycles. The zero-order valence-corrected chi connectivity index (χ0v) is 32.3. The number of carbonyl (C=O) groups excluding carboxylic acids is 5. The van der Waals surface area contributed by atoms with Crippen LogP contribution in [0.25, 0.3) is 0 Å². The molecule has 9 atom stereocenters. The lowest BCUT2D eigenvalue weighted by molar-refractivity contribution is -0.146. The minimum absolute atomic E-state index is 0.0468. The van der Waals surface area contributed by atoms with Crippen molar-refractivity contribution in [2.75, 3.05) is 41.4 Å². The first kappa shape index (κ1) is 44.3. The maximum Gasteiger partial charge on any atom is 0.447 e. The number of amides is 5. The molecule has 0 spiro atoms. The van der Waals surface area contributed by atoms with Crippen LogP contribution in [0.5, 0.6) is 0 Å². The highest BCUT2D eigenvalue weighted by Crippen LogP contribution is 2.29. The summed E-state index contributed by atoms with van der Waals surface area (Å²) in [6, 6.07) is 6.49. The molecular weight excluding hydrogens is 677 g/mol. The molecule has 0 aliphatic carbocycles. The molecule has 15 heteroatoms. The fourth-order valence-electron chi connectivity index (χ4n) is 7.18. The van der Waals surface area contributed by atoms with E-state index < -0.39 is 72.7 Å². The van der Waals surface area contributed by atoms with E-state index in [-0.39, 0.29) is 30.2 Å². The van der Waals surface area contributed by atoms with Gasteiger partial charge in [0.15, 0.2) is 0 Å². The van der Waals surface area contributed by atoms with Crippen LogP contribution in [0.2, 0.25) is 0 Å². The molecule has 294 valence electrons. The molecule has 14 nitrogen and oxygen atoms in total. The van der Waals surface area contributed by atoms with Gasteiger partial charge in [0, 0.05) is 39.4 Å². The molecule has 3 N–H and O–H groups in total. The van der Waals surface area contributed by atoms with E-state index in [0.29, 0.717) is 31.4 Å². The Hall–Kier alpha value is -3.82. The number of rotatable bonds is 19. The number of aliphatic hydroxyl groups excluding tert-OH is 1. The molecule has 8 unspecified atom stereocenters. The van der Waals surface area contributed by atoms with Gasteiger partial charge in [-0.25, -0.2) is 9.74 Å². The summed E-state index contributed by atoms with van der Waals surface area (Å²) in [4.78, 5) is 72.9. The fourth-order valence-corrected chi connectivity index (χ4v) is 7.18. The van der Waals surface area contributed by atoms with E-state index in [0.717, 1.165) is 4.90 Å². The van der Waals surface area contributed by atoms with Crippen LogP contribution < -0.4 is 10.6 Å². The van der Waals surface area contributed by atoms with Crippen molar-refractivity contribution in [2.24, 2.45) is 17.8 Å². The van der Waals surface area contributed by atoms with Gasteiger partial charge >= 0.3 is 6.09 Å². The van der Waals surface area contributed by atoms with Crippen LogP contribution in [0.3, 0.4) is 0 Å². The highest BCUT2D eigenvalue weighted by Gasteiger charge is 2.42. The molecule has 1 aliphatic heterocycles. The number of likely N-dealkylation sites (N-methyl/N-ethyl adjacent to an activating group) is 2. The number of methoxy groups -OCH3 is 2. The Labute approximate surface area is 307 Å². The minimum atomic E-state index is -1.33. The number of nitrogens with zero attached hydrogens (tertiary/aromatic N) is 3. The molecule has 1 saturated heterocycles. The Bertz CT molecular complexity index is 1320. The van der Waals surface area contributed by atoms with Gasteiger partial charge in [-0.1, -0.05) is 71.4 Å². The largest absolute Gasteiger partial charge is 0.447 e. The lowest BCUT2D eigenvalue weighted by Crippen LogP contribution is -2.55. The summed E-state index contributed by atoms with van der Waals surface area (Å²) in [6.45, 7) is 10.8. The van der Waals surface area contributed by atoms with Crippen LogP contribution in [-0.2, 0) is 33.6 Å². The van der Waals surface area contributed by atoms with Gasteiger partial charge in [-0.2, -0.15) is 0 Å². The first-order valence-corrected chi connectivity index (χ1v) is 18.0. The molecule has 0 bridgehead atoms. The quantitative estimate of drug-likeness (QED) is 0.193. The molecule has 5 amide bonds. The number of nitrogens with one attached hydrogen (secondary N) is 2. The molecule has 1 aliphatic rings. The zero-order chi connectivity index (χ0) is 39.3. The number of halogens is 1. The predicted molar refractivity (Wildman–Crippen MR) is 192 cm³/mol. The van der Waals surface area contributed by atoms with Crippen molar-refractivity contribution in [1.82, 2.24) is 25.3 Å². The number of hydrogen-bond acceptors (Lipinski definition) is 9. The van der Waals surface area contributed by atoms with Crippen molar-refractivity contribution in [2.45, 2.75) is 110 Å². The van der Waals surface area contributed by atoms with E-state index in [9.17, 15) is 33.6 Å². The van der Waals surface area contributed by atoms with Gasteiger partial charge in [0.25, 0.3) is 0 Å². The van der Waals surface area contributed by atoms with Crippen molar-refractivity contribution >= 4 is 29.7 Å². The predicted octanol–water partition coefficient (Wildman–Crippen LogP) is 3.24. The van der Waals surface area contributed by atoms with Crippen molar-refractivity contribution < 1.29 is 48.0 Å². The molecule has 0 aromatic heterocycles. The van der Waals surface area contributed by atoms with Crippen LogP contribution in [0.4, 0.5) is 9.32 Å². The van der Waals surface area contributed by atoms with Crippen molar-refractivity contribution in [3.05, 3.63) is 35.9 Å². The summed E-state index contributed by atoms with van der Waals surface area (Å²) < 4.78 is 24.3. The lowest BCUT2D eigenvalue weighted by atomic mass is 9.90. The summed E-state index contributed by atoms with van der Waals surface area (Å²) >= 11 is 0. The normalized spacial score (nSPS) is 19.0. The zero-order valence-electron chi connectivity index (χ0n) is 32.3. The number of ether oxygens (including phenoxy) is 2. The van der Waals surface area contributed by atoms with Gasteiger partial charge in [-0.15, -0.1) is 0 Å². The molecule has 52 heavy (non-hydrogen) atoms.